The molecule has 2 nitrogen and oxygen atoms in total. The van der Waals surface area contributed by atoms with Crippen LogP contribution in [0.1, 0.15) is 31.7 Å². The first-order chi connectivity index (χ1) is 7.31. The van der Waals surface area contributed by atoms with Crippen LogP contribution < -0.4 is 10.1 Å². The molecule has 0 bridgehead atoms. The molecule has 0 aromatic heterocycles. The van der Waals surface area contributed by atoms with E-state index in [0.29, 0.717) is 12.0 Å². The van der Waals surface area contributed by atoms with E-state index in [1.54, 1.807) is 0 Å². The van der Waals surface area contributed by atoms with Crippen LogP contribution >= 0.6 is 0 Å². The zero-order valence-electron chi connectivity index (χ0n) is 9.49. The third kappa shape index (κ3) is 2.32. The van der Waals surface area contributed by atoms with Crippen LogP contribution in [-0.4, -0.2) is 19.2 Å². The summed E-state index contributed by atoms with van der Waals surface area (Å²) in [5.41, 5.74) is 1.36. The summed E-state index contributed by atoms with van der Waals surface area (Å²) >= 11 is 0. The van der Waals surface area contributed by atoms with Crippen molar-refractivity contribution in [1.82, 2.24) is 5.32 Å². The monoisotopic (exact) mass is 205 g/mol. The Morgan fingerprint density at radius 1 is 1.40 bits per heavy atom. The van der Waals surface area contributed by atoms with Crippen molar-refractivity contribution in [2.45, 2.75) is 32.2 Å². The smallest absolute Gasteiger partial charge is 0.122 e. The van der Waals surface area contributed by atoms with Crippen molar-refractivity contribution in [2.75, 3.05) is 13.2 Å². The highest BCUT2D eigenvalue weighted by molar-refractivity contribution is 5.37. The Balaban J connectivity index is 2.19. The minimum absolute atomic E-state index is 0.614. The Kier molecular flexibility index (Phi) is 3.27. The molecular formula is C13H19NO. The van der Waals surface area contributed by atoms with E-state index in [1.165, 1.54) is 12.0 Å². The van der Waals surface area contributed by atoms with E-state index in [1.807, 2.05) is 13.0 Å². The predicted octanol–water partition coefficient (Wildman–Crippen LogP) is 2.55. The van der Waals surface area contributed by atoms with Gasteiger partial charge in [0.25, 0.3) is 0 Å². The lowest BCUT2D eigenvalue weighted by atomic mass is 9.96. The van der Waals surface area contributed by atoms with Gasteiger partial charge in [-0.1, -0.05) is 18.2 Å². The average molecular weight is 205 g/mol. The molecule has 15 heavy (non-hydrogen) atoms. The fourth-order valence-corrected chi connectivity index (χ4v) is 2.28. The van der Waals surface area contributed by atoms with E-state index >= 15 is 0 Å². The molecule has 0 spiro atoms. The number of para-hydroxylation sites is 1. The Morgan fingerprint density at radius 2 is 2.20 bits per heavy atom. The average Bonchev–Trinajstić information content (AvgIpc) is 2.66. The Bertz CT molecular complexity index is 324. The second-order valence-corrected chi connectivity index (χ2v) is 4.21. The van der Waals surface area contributed by atoms with Gasteiger partial charge in [-0.3, -0.25) is 0 Å². The molecular weight excluding hydrogens is 186 g/mol. The maximum atomic E-state index is 5.66. The molecule has 2 unspecified atom stereocenters. The molecule has 82 valence electrons. The molecule has 0 amide bonds. The van der Waals surface area contributed by atoms with Crippen LogP contribution in [-0.2, 0) is 0 Å². The summed E-state index contributed by atoms with van der Waals surface area (Å²) in [6.07, 6.45) is 1.21. The molecule has 1 aromatic carbocycles. The van der Waals surface area contributed by atoms with Gasteiger partial charge < -0.3 is 10.1 Å². The first-order valence-electron chi connectivity index (χ1n) is 5.76. The van der Waals surface area contributed by atoms with E-state index in [4.69, 9.17) is 4.74 Å². The van der Waals surface area contributed by atoms with Crippen LogP contribution in [0.4, 0.5) is 0 Å². The summed E-state index contributed by atoms with van der Waals surface area (Å²) in [6, 6.07) is 9.03. The van der Waals surface area contributed by atoms with Gasteiger partial charge in [-0.2, -0.15) is 0 Å². The fraction of sp³-hybridized carbons (Fsp3) is 0.538. The molecule has 2 heteroatoms. The van der Waals surface area contributed by atoms with Gasteiger partial charge in [-0.15, -0.1) is 0 Å². The van der Waals surface area contributed by atoms with Gasteiger partial charge in [0.05, 0.1) is 6.61 Å². The van der Waals surface area contributed by atoms with Crippen molar-refractivity contribution in [3.8, 4) is 5.75 Å². The van der Waals surface area contributed by atoms with Crippen molar-refractivity contribution >= 4 is 0 Å². The van der Waals surface area contributed by atoms with Crippen molar-refractivity contribution in [3.63, 3.8) is 0 Å². The van der Waals surface area contributed by atoms with Crippen LogP contribution in [0.15, 0.2) is 24.3 Å². The van der Waals surface area contributed by atoms with Crippen LogP contribution in [0.2, 0.25) is 0 Å². The summed E-state index contributed by atoms with van der Waals surface area (Å²) < 4.78 is 5.66. The lowest BCUT2D eigenvalue weighted by Gasteiger charge is -2.14. The Morgan fingerprint density at radius 3 is 2.87 bits per heavy atom. The van der Waals surface area contributed by atoms with Gasteiger partial charge >= 0.3 is 0 Å². The number of hydrogen-bond acceptors (Lipinski definition) is 2. The first-order valence-corrected chi connectivity index (χ1v) is 5.76. The molecule has 1 aromatic rings. The van der Waals surface area contributed by atoms with Crippen molar-refractivity contribution in [2.24, 2.45) is 0 Å². The molecule has 2 rings (SSSR count). The normalized spacial score (nSPS) is 25.5. The van der Waals surface area contributed by atoms with Crippen LogP contribution in [0.3, 0.4) is 0 Å². The summed E-state index contributed by atoms with van der Waals surface area (Å²) in [6.45, 7) is 6.09. The lowest BCUT2D eigenvalue weighted by Crippen LogP contribution is -2.16. The zero-order valence-corrected chi connectivity index (χ0v) is 9.49. The highest BCUT2D eigenvalue weighted by Gasteiger charge is 2.24. The Labute approximate surface area is 91.6 Å². The van der Waals surface area contributed by atoms with Gasteiger partial charge in [0.15, 0.2) is 0 Å². The van der Waals surface area contributed by atoms with E-state index in [-0.39, 0.29) is 0 Å². The zero-order chi connectivity index (χ0) is 10.7. The molecule has 1 saturated heterocycles. The van der Waals surface area contributed by atoms with Gasteiger partial charge in [-0.05, 0) is 31.9 Å². The molecule has 1 fully saturated rings. The summed E-state index contributed by atoms with van der Waals surface area (Å²) in [7, 11) is 0. The second-order valence-electron chi connectivity index (χ2n) is 4.21. The summed E-state index contributed by atoms with van der Waals surface area (Å²) in [4.78, 5) is 0. The van der Waals surface area contributed by atoms with E-state index < -0.39 is 0 Å². The third-order valence-electron chi connectivity index (χ3n) is 3.01. The number of ether oxygens (including phenoxy) is 1. The predicted molar refractivity (Wildman–Crippen MR) is 62.4 cm³/mol. The molecule has 0 saturated carbocycles. The first kappa shape index (κ1) is 10.5. The SMILES string of the molecule is CCOc1ccccc1C1CNC(C)C1. The van der Waals surface area contributed by atoms with Gasteiger partial charge in [0, 0.05) is 18.5 Å². The van der Waals surface area contributed by atoms with Crippen LogP contribution in [0.25, 0.3) is 0 Å². The van der Waals surface area contributed by atoms with Crippen molar-refractivity contribution in [1.29, 1.82) is 0 Å². The number of benzene rings is 1. The lowest BCUT2D eigenvalue weighted by molar-refractivity contribution is 0.334. The molecule has 2 atom stereocenters. The van der Waals surface area contributed by atoms with Gasteiger partial charge in [0.2, 0.25) is 0 Å². The molecule has 0 aliphatic carbocycles. The van der Waals surface area contributed by atoms with E-state index in [2.05, 4.69) is 30.4 Å². The molecule has 1 aliphatic rings. The van der Waals surface area contributed by atoms with Gasteiger partial charge in [0.1, 0.15) is 5.75 Å². The van der Waals surface area contributed by atoms with E-state index in [9.17, 15) is 0 Å². The molecule has 1 heterocycles. The number of hydrogen-bond donors (Lipinski definition) is 1. The van der Waals surface area contributed by atoms with Crippen LogP contribution in [0.5, 0.6) is 5.75 Å². The highest BCUT2D eigenvalue weighted by atomic mass is 16.5. The topological polar surface area (TPSA) is 21.3 Å². The third-order valence-corrected chi connectivity index (χ3v) is 3.01. The highest BCUT2D eigenvalue weighted by Crippen LogP contribution is 2.32. The minimum atomic E-state index is 0.614. The van der Waals surface area contributed by atoms with Crippen molar-refractivity contribution in [3.05, 3.63) is 29.8 Å². The number of rotatable bonds is 3. The summed E-state index contributed by atoms with van der Waals surface area (Å²) in [5, 5.41) is 3.48. The van der Waals surface area contributed by atoms with Crippen LogP contribution in [0, 0.1) is 0 Å². The van der Waals surface area contributed by atoms with E-state index in [0.717, 1.165) is 18.9 Å². The Hall–Kier alpha value is -1.02. The standard InChI is InChI=1S/C13H19NO/c1-3-15-13-7-5-4-6-12(13)11-8-10(2)14-9-11/h4-7,10-11,14H,3,8-9H2,1-2H3. The van der Waals surface area contributed by atoms with Crippen molar-refractivity contribution < 1.29 is 4.74 Å². The maximum Gasteiger partial charge on any atom is 0.122 e. The quantitative estimate of drug-likeness (QED) is 0.818. The van der Waals surface area contributed by atoms with Gasteiger partial charge in [-0.25, -0.2) is 0 Å². The largest absolute Gasteiger partial charge is 0.494 e. The maximum absolute atomic E-state index is 5.66. The molecule has 0 radical (unpaired) electrons. The fourth-order valence-electron chi connectivity index (χ4n) is 2.28. The second kappa shape index (κ2) is 4.67. The summed E-state index contributed by atoms with van der Waals surface area (Å²) in [5.74, 6) is 1.67. The molecule has 1 N–H and O–H groups in total. The minimum Gasteiger partial charge on any atom is -0.494 e. The number of nitrogens with one attached hydrogen (secondary N) is 1. The molecule has 1 aliphatic heterocycles.